The summed E-state index contributed by atoms with van der Waals surface area (Å²) in [6.45, 7) is 3.97. The van der Waals surface area contributed by atoms with Gasteiger partial charge in [0.1, 0.15) is 17.7 Å². The van der Waals surface area contributed by atoms with Crippen molar-refractivity contribution in [3.05, 3.63) is 64.7 Å². The van der Waals surface area contributed by atoms with E-state index in [1.807, 2.05) is 17.0 Å². The second-order valence-electron chi connectivity index (χ2n) is 13.2. The van der Waals surface area contributed by atoms with E-state index in [-0.39, 0.29) is 35.1 Å². The van der Waals surface area contributed by atoms with Crippen LogP contribution < -0.4 is 25.8 Å². The highest BCUT2D eigenvalue weighted by Crippen LogP contribution is 2.34. The van der Waals surface area contributed by atoms with E-state index in [0.717, 1.165) is 24.8 Å². The highest BCUT2D eigenvalue weighted by molar-refractivity contribution is 5.87. The number of nitrogens with zero attached hydrogens (tertiary/aromatic N) is 7. The lowest BCUT2D eigenvalue weighted by atomic mass is 9.91. The summed E-state index contributed by atoms with van der Waals surface area (Å²) in [5.74, 6) is -2.05. The molecular formula is C36H43F3N10O4. The summed E-state index contributed by atoms with van der Waals surface area (Å²) < 4.78 is 42.0. The number of amides is 2. The number of hydrogen-bond acceptors (Lipinski definition) is 11. The van der Waals surface area contributed by atoms with E-state index in [4.69, 9.17) is 5.26 Å². The molecule has 0 bridgehead atoms. The summed E-state index contributed by atoms with van der Waals surface area (Å²) in [5.41, 5.74) is 1.86. The number of carboxylic acid groups (broad SMARTS) is 1. The summed E-state index contributed by atoms with van der Waals surface area (Å²) >= 11 is 0. The molecule has 0 radical (unpaired) electrons. The average Bonchev–Trinajstić information content (AvgIpc) is 3.64. The molecule has 14 nitrogen and oxygen atoms in total. The molecule has 17 heteroatoms. The molecule has 1 unspecified atom stereocenters. The molecule has 2 aromatic heterocycles. The van der Waals surface area contributed by atoms with Crippen LogP contribution in [-0.2, 0) is 22.2 Å². The summed E-state index contributed by atoms with van der Waals surface area (Å²) in [4.78, 5) is 56.1. The van der Waals surface area contributed by atoms with Gasteiger partial charge >= 0.3 is 12.1 Å². The van der Waals surface area contributed by atoms with E-state index >= 15 is 0 Å². The number of nitriles is 1. The molecule has 282 valence electrons. The predicted octanol–water partition coefficient (Wildman–Crippen LogP) is 4.11. The third-order valence-corrected chi connectivity index (χ3v) is 9.46. The van der Waals surface area contributed by atoms with Gasteiger partial charge in [-0.05, 0) is 75.5 Å². The van der Waals surface area contributed by atoms with Crippen LogP contribution in [0.15, 0.2) is 36.5 Å². The molecule has 2 aliphatic rings. The van der Waals surface area contributed by atoms with Crippen molar-refractivity contribution < 1.29 is 32.7 Å². The van der Waals surface area contributed by atoms with Crippen LogP contribution in [0.1, 0.15) is 77.9 Å². The molecule has 1 atom stereocenters. The fourth-order valence-electron chi connectivity index (χ4n) is 6.58. The van der Waals surface area contributed by atoms with Crippen LogP contribution in [-0.4, -0.2) is 88.1 Å². The van der Waals surface area contributed by atoms with Crippen molar-refractivity contribution in [2.75, 3.05) is 54.4 Å². The summed E-state index contributed by atoms with van der Waals surface area (Å²) in [6.07, 6.45) is 1.57. The van der Waals surface area contributed by atoms with E-state index in [0.29, 0.717) is 88.4 Å². The van der Waals surface area contributed by atoms with E-state index < -0.39 is 24.0 Å². The van der Waals surface area contributed by atoms with Gasteiger partial charge in [0.15, 0.2) is 5.69 Å². The Morgan fingerprint density at radius 3 is 2.42 bits per heavy atom. The zero-order valence-electron chi connectivity index (χ0n) is 29.5. The van der Waals surface area contributed by atoms with Crippen molar-refractivity contribution in [2.24, 2.45) is 5.92 Å². The molecular weight excluding hydrogens is 693 g/mol. The Labute approximate surface area is 305 Å². The van der Waals surface area contributed by atoms with E-state index in [9.17, 15) is 32.7 Å². The number of carboxylic acids is 1. The van der Waals surface area contributed by atoms with E-state index in [2.05, 4.69) is 42.0 Å². The third kappa shape index (κ3) is 10.7. The molecule has 0 spiro atoms. The average molecular weight is 737 g/mol. The molecule has 0 saturated carbocycles. The molecule has 53 heavy (non-hydrogen) atoms. The van der Waals surface area contributed by atoms with Gasteiger partial charge in [0, 0.05) is 63.5 Å². The van der Waals surface area contributed by atoms with Gasteiger partial charge in [0.05, 0.1) is 11.6 Å². The third-order valence-electron chi connectivity index (χ3n) is 9.46. The zero-order valence-corrected chi connectivity index (χ0v) is 29.5. The number of aryl methyl sites for hydroxylation is 1. The normalized spacial score (nSPS) is 16.2. The topological polar surface area (TPSA) is 189 Å². The van der Waals surface area contributed by atoms with E-state index in [1.54, 1.807) is 30.0 Å². The van der Waals surface area contributed by atoms with Gasteiger partial charge in [-0.25, -0.2) is 24.7 Å². The fourth-order valence-corrected chi connectivity index (χ4v) is 6.58. The number of nitrogens with one attached hydrogen (secondary N) is 3. The van der Waals surface area contributed by atoms with Gasteiger partial charge in [0.25, 0.3) is 0 Å². The van der Waals surface area contributed by atoms with Gasteiger partial charge in [-0.15, -0.1) is 0 Å². The lowest BCUT2D eigenvalue weighted by Crippen LogP contribution is -2.44. The fraction of sp³-hybridized carbons (Fsp3) is 0.500. The Balaban J connectivity index is 1.08. The first-order valence-corrected chi connectivity index (χ1v) is 17.7. The van der Waals surface area contributed by atoms with Gasteiger partial charge < -0.3 is 30.9 Å². The highest BCUT2D eigenvalue weighted by Gasteiger charge is 2.39. The Hall–Kier alpha value is -5.53. The van der Waals surface area contributed by atoms with Crippen molar-refractivity contribution >= 4 is 35.4 Å². The molecule has 2 fully saturated rings. The van der Waals surface area contributed by atoms with Crippen molar-refractivity contribution in [1.29, 1.82) is 5.26 Å². The Bertz CT molecular complexity index is 1790. The van der Waals surface area contributed by atoms with Crippen LogP contribution in [0.5, 0.6) is 0 Å². The largest absolute Gasteiger partial charge is 0.476 e. The Morgan fingerprint density at radius 2 is 1.72 bits per heavy atom. The number of rotatable bonds is 15. The van der Waals surface area contributed by atoms with Crippen molar-refractivity contribution in [1.82, 2.24) is 30.6 Å². The number of carbonyl (C=O) groups is 3. The molecule has 1 aromatic carbocycles. The molecule has 2 amide bonds. The Morgan fingerprint density at radius 1 is 0.981 bits per heavy atom. The van der Waals surface area contributed by atoms with Crippen LogP contribution in [0.25, 0.3) is 0 Å². The first-order chi connectivity index (χ1) is 25.4. The van der Waals surface area contributed by atoms with Crippen molar-refractivity contribution in [2.45, 2.75) is 70.5 Å². The minimum atomic E-state index is -4.77. The molecule has 0 aliphatic carbocycles. The maximum Gasteiger partial charge on any atom is 0.451 e. The standard InChI is InChI=1S/C36H43F3N10O4/c1-23-22-44-35(47-31(23)33(52)53)43-16-15-41-30(50)6-2-4-24-12-18-48(19-13-24)28-20-29(46-34(45-28)36(37,38)39)49-17-3-5-27(49)32(51)42-14-11-25-7-9-26(21-40)10-8-25/h7-10,20,22,24,27H,2-6,11-19H2,1H3,(H,41,50)(H,42,51)(H,52,53)(H,43,44,47). The van der Waals surface area contributed by atoms with Crippen LogP contribution in [0.4, 0.5) is 30.8 Å². The summed E-state index contributed by atoms with van der Waals surface area (Å²) in [5, 5.41) is 26.8. The lowest BCUT2D eigenvalue weighted by molar-refractivity contribution is -0.144. The predicted molar refractivity (Wildman–Crippen MR) is 189 cm³/mol. The minimum absolute atomic E-state index is 0.0757. The smallest absolute Gasteiger partial charge is 0.451 e. The van der Waals surface area contributed by atoms with Crippen molar-refractivity contribution in [3.63, 3.8) is 0 Å². The molecule has 2 saturated heterocycles. The van der Waals surface area contributed by atoms with Crippen LogP contribution in [0.2, 0.25) is 0 Å². The number of piperidine rings is 1. The van der Waals surface area contributed by atoms with Gasteiger partial charge in [-0.1, -0.05) is 12.1 Å². The van der Waals surface area contributed by atoms with Gasteiger partial charge in [0.2, 0.25) is 23.6 Å². The molecule has 5 rings (SSSR count). The summed E-state index contributed by atoms with van der Waals surface area (Å²) in [6, 6.07) is 10.0. The number of aromatic nitrogens is 4. The van der Waals surface area contributed by atoms with Crippen LogP contribution in [0, 0.1) is 24.2 Å². The molecule has 4 heterocycles. The minimum Gasteiger partial charge on any atom is -0.476 e. The maximum atomic E-state index is 14.0. The van der Waals surface area contributed by atoms with Crippen LogP contribution in [0.3, 0.4) is 0 Å². The lowest BCUT2D eigenvalue weighted by Gasteiger charge is -2.34. The van der Waals surface area contributed by atoms with Gasteiger partial charge in [-0.3, -0.25) is 9.59 Å². The van der Waals surface area contributed by atoms with Crippen molar-refractivity contribution in [3.8, 4) is 6.07 Å². The molecule has 4 N–H and O–H groups in total. The van der Waals surface area contributed by atoms with Gasteiger partial charge in [-0.2, -0.15) is 18.4 Å². The second-order valence-corrected chi connectivity index (χ2v) is 13.2. The quantitative estimate of drug-likeness (QED) is 0.164. The Kier molecular flexibility index (Phi) is 13.0. The zero-order chi connectivity index (χ0) is 38.0. The summed E-state index contributed by atoms with van der Waals surface area (Å²) in [7, 11) is 0. The second kappa shape index (κ2) is 17.8. The highest BCUT2D eigenvalue weighted by atomic mass is 19.4. The SMILES string of the molecule is Cc1cnc(NCCNC(=O)CCCC2CCN(c3cc(N4CCCC4C(=O)NCCc4ccc(C#N)cc4)nc(C(F)(F)F)n3)CC2)nc1C(=O)O. The maximum absolute atomic E-state index is 14.0. The first-order valence-electron chi connectivity index (χ1n) is 17.7. The number of hydrogen-bond donors (Lipinski definition) is 4. The number of halogens is 3. The van der Waals surface area contributed by atoms with Crippen LogP contribution >= 0.6 is 0 Å². The molecule has 3 aromatic rings. The number of benzene rings is 1. The van der Waals surface area contributed by atoms with E-state index in [1.165, 1.54) is 6.20 Å². The number of anilines is 3. The number of aromatic carboxylic acids is 1. The molecule has 2 aliphatic heterocycles. The number of alkyl halides is 3. The first kappa shape index (κ1) is 38.7. The number of carbonyl (C=O) groups excluding carboxylic acids is 2. The monoisotopic (exact) mass is 736 g/mol.